The van der Waals surface area contributed by atoms with E-state index in [4.69, 9.17) is 4.74 Å². The average Bonchev–Trinajstić information content (AvgIpc) is 3.39. The Kier molecular flexibility index (Phi) is 6.35. The topological polar surface area (TPSA) is 96.7 Å². The molecule has 0 aliphatic carbocycles. The van der Waals surface area contributed by atoms with E-state index in [2.05, 4.69) is 37.5 Å². The van der Waals surface area contributed by atoms with Crippen molar-refractivity contribution in [3.63, 3.8) is 0 Å². The summed E-state index contributed by atoms with van der Waals surface area (Å²) in [5.41, 5.74) is 4.22. The molecule has 0 radical (unpaired) electrons. The predicted molar refractivity (Wildman–Crippen MR) is 148 cm³/mol. The van der Waals surface area contributed by atoms with Gasteiger partial charge in [0.05, 0.1) is 5.52 Å². The molecule has 1 fully saturated rings. The van der Waals surface area contributed by atoms with Crippen LogP contribution in [-0.2, 0) is 4.79 Å². The number of pyridine rings is 1. The second kappa shape index (κ2) is 10.1. The van der Waals surface area contributed by atoms with Crippen molar-refractivity contribution < 1.29 is 9.53 Å². The Morgan fingerprint density at radius 1 is 0.974 bits per heavy atom. The Balaban J connectivity index is 1.19. The number of imidazole rings is 1. The molecule has 6 rings (SSSR count). The summed E-state index contributed by atoms with van der Waals surface area (Å²) in [6, 6.07) is 15.5. The first kappa shape index (κ1) is 23.9. The summed E-state index contributed by atoms with van der Waals surface area (Å²) in [6.45, 7) is 3.89. The minimum Gasteiger partial charge on any atom is -0.457 e. The maximum absolute atomic E-state index is 12.8. The SMILES string of the molecule is Cc1cc(Nc2ncnc3ccc(NC(=O)C4CCN(C)CC4)cc23)ccc1Oc1ccn2ccnc2c1. The first-order chi connectivity index (χ1) is 18.5. The lowest BCUT2D eigenvalue weighted by atomic mass is 9.96. The zero-order valence-electron chi connectivity index (χ0n) is 21.4. The molecule has 9 nitrogen and oxygen atoms in total. The quantitative estimate of drug-likeness (QED) is 0.318. The van der Waals surface area contributed by atoms with Crippen LogP contribution in [0.4, 0.5) is 17.2 Å². The molecule has 0 unspecified atom stereocenters. The molecule has 9 heteroatoms. The predicted octanol–water partition coefficient (Wildman–Crippen LogP) is 5.40. The molecule has 4 heterocycles. The number of ether oxygens (including phenoxy) is 1. The van der Waals surface area contributed by atoms with E-state index >= 15 is 0 Å². The number of rotatable bonds is 6. The number of aromatic nitrogens is 4. The van der Waals surface area contributed by atoms with Crippen molar-refractivity contribution >= 4 is 39.6 Å². The van der Waals surface area contributed by atoms with Crippen LogP contribution >= 0.6 is 0 Å². The third kappa shape index (κ3) is 5.01. The first-order valence-corrected chi connectivity index (χ1v) is 12.7. The number of anilines is 3. The van der Waals surface area contributed by atoms with Crippen LogP contribution in [0.25, 0.3) is 16.6 Å². The monoisotopic (exact) mass is 507 g/mol. The number of piperidine rings is 1. The smallest absolute Gasteiger partial charge is 0.227 e. The number of benzene rings is 2. The summed E-state index contributed by atoms with van der Waals surface area (Å²) in [5, 5.41) is 7.34. The maximum Gasteiger partial charge on any atom is 0.227 e. The third-order valence-electron chi connectivity index (χ3n) is 7.03. The molecule has 1 amide bonds. The molecule has 5 aromatic rings. The molecule has 38 heavy (non-hydrogen) atoms. The molecular formula is C29H29N7O2. The minimum absolute atomic E-state index is 0.0387. The fraction of sp³-hybridized carbons (Fsp3) is 0.241. The summed E-state index contributed by atoms with van der Waals surface area (Å²) < 4.78 is 8.06. The van der Waals surface area contributed by atoms with Crippen molar-refractivity contribution in [2.45, 2.75) is 19.8 Å². The zero-order valence-corrected chi connectivity index (χ0v) is 21.4. The van der Waals surface area contributed by atoms with Crippen LogP contribution in [0.1, 0.15) is 18.4 Å². The Morgan fingerprint density at radius 2 is 1.82 bits per heavy atom. The van der Waals surface area contributed by atoms with Crippen molar-refractivity contribution in [2.75, 3.05) is 30.8 Å². The molecular weight excluding hydrogens is 478 g/mol. The normalized spacial score (nSPS) is 14.6. The van der Waals surface area contributed by atoms with Gasteiger partial charge in [0.1, 0.15) is 29.3 Å². The lowest BCUT2D eigenvalue weighted by Crippen LogP contribution is -2.35. The van der Waals surface area contributed by atoms with Gasteiger partial charge in [-0.05, 0) is 87.9 Å². The van der Waals surface area contributed by atoms with Crippen LogP contribution in [0.15, 0.2) is 73.4 Å². The summed E-state index contributed by atoms with van der Waals surface area (Å²) >= 11 is 0. The Labute approximate surface area is 220 Å². The first-order valence-electron chi connectivity index (χ1n) is 12.7. The van der Waals surface area contributed by atoms with Crippen LogP contribution in [0.3, 0.4) is 0 Å². The number of amides is 1. The molecule has 0 saturated carbocycles. The van der Waals surface area contributed by atoms with Gasteiger partial charge in [-0.1, -0.05) is 0 Å². The lowest BCUT2D eigenvalue weighted by molar-refractivity contribution is -0.121. The molecule has 192 valence electrons. The van der Waals surface area contributed by atoms with E-state index in [1.807, 2.05) is 72.2 Å². The van der Waals surface area contributed by atoms with Crippen molar-refractivity contribution in [1.82, 2.24) is 24.3 Å². The molecule has 2 aromatic carbocycles. The van der Waals surface area contributed by atoms with E-state index in [0.717, 1.165) is 70.9 Å². The standard InChI is InChI=1S/C29H29N7O2/c1-19-15-21(4-6-26(19)38-23-9-13-36-14-10-30-27(36)17-23)33-28-24-16-22(3-5-25(24)31-18-32-28)34-29(37)20-7-11-35(2)12-8-20/h3-6,9-10,13-18,20H,7-8,11-12H2,1-2H3,(H,34,37)(H,31,32,33). The molecule has 1 aliphatic rings. The van der Waals surface area contributed by atoms with Crippen LogP contribution in [0.5, 0.6) is 11.5 Å². The van der Waals surface area contributed by atoms with Gasteiger partial charge in [0.15, 0.2) is 0 Å². The van der Waals surface area contributed by atoms with Crippen LogP contribution in [0.2, 0.25) is 0 Å². The van der Waals surface area contributed by atoms with Gasteiger partial charge in [-0.15, -0.1) is 0 Å². The highest BCUT2D eigenvalue weighted by Gasteiger charge is 2.23. The van der Waals surface area contributed by atoms with Gasteiger partial charge in [-0.25, -0.2) is 15.0 Å². The molecule has 0 bridgehead atoms. The number of likely N-dealkylation sites (tertiary alicyclic amines) is 1. The van der Waals surface area contributed by atoms with E-state index in [0.29, 0.717) is 5.82 Å². The van der Waals surface area contributed by atoms with Crippen molar-refractivity contribution in [3.8, 4) is 11.5 Å². The number of nitrogens with zero attached hydrogens (tertiary/aromatic N) is 5. The molecule has 0 spiro atoms. The van der Waals surface area contributed by atoms with Gasteiger partial charge in [0.25, 0.3) is 0 Å². The van der Waals surface area contributed by atoms with Crippen LogP contribution < -0.4 is 15.4 Å². The van der Waals surface area contributed by atoms with Gasteiger partial charge in [-0.2, -0.15) is 0 Å². The lowest BCUT2D eigenvalue weighted by Gasteiger charge is -2.28. The number of hydrogen-bond donors (Lipinski definition) is 2. The van der Waals surface area contributed by atoms with Crippen LogP contribution in [-0.4, -0.2) is 50.3 Å². The number of hydrogen-bond acceptors (Lipinski definition) is 7. The highest BCUT2D eigenvalue weighted by molar-refractivity contribution is 5.98. The van der Waals surface area contributed by atoms with E-state index in [9.17, 15) is 4.79 Å². The Bertz CT molecular complexity index is 1620. The van der Waals surface area contributed by atoms with Gasteiger partial charge in [0.2, 0.25) is 5.91 Å². The average molecular weight is 508 g/mol. The van der Waals surface area contributed by atoms with E-state index in [-0.39, 0.29) is 11.8 Å². The largest absolute Gasteiger partial charge is 0.457 e. The number of nitrogens with one attached hydrogen (secondary N) is 2. The second-order valence-electron chi connectivity index (χ2n) is 9.78. The number of aryl methyl sites for hydroxylation is 1. The minimum atomic E-state index is 0.0387. The van der Waals surface area contributed by atoms with E-state index < -0.39 is 0 Å². The second-order valence-corrected chi connectivity index (χ2v) is 9.78. The Hall–Kier alpha value is -4.50. The van der Waals surface area contributed by atoms with Crippen LogP contribution in [0, 0.1) is 12.8 Å². The highest BCUT2D eigenvalue weighted by Crippen LogP contribution is 2.31. The summed E-state index contributed by atoms with van der Waals surface area (Å²) in [6.07, 6.45) is 8.87. The van der Waals surface area contributed by atoms with E-state index in [1.54, 1.807) is 6.20 Å². The number of fused-ring (bicyclic) bond motifs is 2. The van der Waals surface area contributed by atoms with E-state index in [1.165, 1.54) is 6.33 Å². The zero-order chi connectivity index (χ0) is 26.1. The fourth-order valence-corrected chi connectivity index (χ4v) is 4.81. The fourth-order valence-electron chi connectivity index (χ4n) is 4.81. The molecule has 1 aliphatic heterocycles. The molecule has 1 saturated heterocycles. The summed E-state index contributed by atoms with van der Waals surface area (Å²) in [4.78, 5) is 28.3. The van der Waals surface area contributed by atoms with Crippen molar-refractivity contribution in [1.29, 1.82) is 0 Å². The number of carbonyl (C=O) groups is 1. The molecule has 0 atom stereocenters. The molecule has 2 N–H and O–H groups in total. The van der Waals surface area contributed by atoms with Gasteiger partial charge in [0, 0.05) is 47.3 Å². The number of carbonyl (C=O) groups excluding carboxylic acids is 1. The van der Waals surface area contributed by atoms with Gasteiger partial charge < -0.3 is 24.7 Å². The highest BCUT2D eigenvalue weighted by atomic mass is 16.5. The molecule has 3 aromatic heterocycles. The summed E-state index contributed by atoms with van der Waals surface area (Å²) in [5.74, 6) is 2.27. The van der Waals surface area contributed by atoms with Gasteiger partial charge >= 0.3 is 0 Å². The van der Waals surface area contributed by atoms with Crippen molar-refractivity contribution in [2.24, 2.45) is 5.92 Å². The summed E-state index contributed by atoms with van der Waals surface area (Å²) in [7, 11) is 2.09. The van der Waals surface area contributed by atoms with Crippen molar-refractivity contribution in [3.05, 3.63) is 79.0 Å². The third-order valence-corrected chi connectivity index (χ3v) is 7.03. The van der Waals surface area contributed by atoms with Gasteiger partial charge in [-0.3, -0.25) is 4.79 Å². The Morgan fingerprint density at radius 3 is 2.66 bits per heavy atom. The maximum atomic E-state index is 12.8.